The van der Waals surface area contributed by atoms with Gasteiger partial charge >= 0.3 is 5.97 Å². The van der Waals surface area contributed by atoms with Gasteiger partial charge in [-0.2, -0.15) is 0 Å². The van der Waals surface area contributed by atoms with Crippen LogP contribution in [0, 0.1) is 0 Å². The molecule has 2 N–H and O–H groups in total. The van der Waals surface area contributed by atoms with Crippen LogP contribution in [0.4, 0.5) is 5.82 Å². The molecule has 0 bridgehead atoms. The fourth-order valence-corrected chi connectivity index (χ4v) is 2.29. The predicted molar refractivity (Wildman–Crippen MR) is 77.1 cm³/mol. The van der Waals surface area contributed by atoms with Crippen molar-refractivity contribution in [3.63, 3.8) is 0 Å². The largest absolute Gasteiger partial charge is 0.479 e. The van der Waals surface area contributed by atoms with Crippen LogP contribution in [-0.4, -0.2) is 62.2 Å². The molecule has 1 aliphatic heterocycles. The number of carbonyl (C=O) groups excluding carboxylic acids is 1. The second kappa shape index (κ2) is 6.15. The summed E-state index contributed by atoms with van der Waals surface area (Å²) in [4.78, 5) is 28.4. The van der Waals surface area contributed by atoms with Crippen LogP contribution in [0.3, 0.4) is 0 Å². The molecule has 23 heavy (non-hydrogen) atoms. The number of pyridine rings is 1. The lowest BCUT2D eigenvalue weighted by Gasteiger charge is -2.31. The number of carboxylic acids is 1. The van der Waals surface area contributed by atoms with Crippen molar-refractivity contribution in [2.75, 3.05) is 18.1 Å². The van der Waals surface area contributed by atoms with Gasteiger partial charge in [-0.3, -0.25) is 14.7 Å². The summed E-state index contributed by atoms with van der Waals surface area (Å²) in [5.74, 6) is -1.78. The van der Waals surface area contributed by atoms with Crippen molar-refractivity contribution in [3.8, 4) is 5.69 Å². The minimum Gasteiger partial charge on any atom is -0.479 e. The van der Waals surface area contributed by atoms with Gasteiger partial charge in [0.25, 0.3) is 5.91 Å². The maximum Gasteiger partial charge on any atom is 0.335 e. The highest BCUT2D eigenvalue weighted by Gasteiger charge is 2.39. The first-order chi connectivity index (χ1) is 11.1. The molecule has 3 rings (SSSR count). The Labute approximate surface area is 130 Å². The fourth-order valence-electron chi connectivity index (χ4n) is 2.29. The van der Waals surface area contributed by atoms with E-state index in [-0.39, 0.29) is 13.2 Å². The second-order valence-corrected chi connectivity index (χ2v) is 4.89. The molecule has 2 aromatic heterocycles. The van der Waals surface area contributed by atoms with Crippen molar-refractivity contribution in [1.29, 1.82) is 0 Å². The molecule has 2 unspecified atom stereocenters. The molecule has 1 aliphatic rings. The number of aromatic nitrogens is 3. The molecule has 0 aromatic carbocycles. The second-order valence-electron chi connectivity index (χ2n) is 4.89. The molecule has 2 aromatic rings. The lowest BCUT2D eigenvalue weighted by molar-refractivity contribution is -0.163. The van der Waals surface area contributed by atoms with Crippen molar-refractivity contribution in [2.24, 2.45) is 0 Å². The number of hydrogen-bond donors (Lipinski definition) is 2. The number of carboxylic acid groups (broad SMARTS) is 1. The summed E-state index contributed by atoms with van der Waals surface area (Å²) >= 11 is 0. The Bertz CT molecular complexity index is 717. The van der Waals surface area contributed by atoms with Gasteiger partial charge in [-0.05, 0) is 12.1 Å². The van der Waals surface area contributed by atoms with Crippen LogP contribution in [0.25, 0.3) is 5.69 Å². The highest BCUT2D eigenvalue weighted by Crippen LogP contribution is 2.19. The number of morpholine rings is 1. The zero-order valence-electron chi connectivity index (χ0n) is 11.9. The van der Waals surface area contributed by atoms with Crippen LogP contribution >= 0.6 is 0 Å². The normalized spacial score (nSPS) is 19.6. The molecule has 0 radical (unpaired) electrons. The molecule has 3 heterocycles. The Morgan fingerprint density at radius 1 is 1.35 bits per heavy atom. The number of aliphatic hydroxyl groups is 1. The van der Waals surface area contributed by atoms with Crippen LogP contribution in [-0.2, 0) is 14.3 Å². The summed E-state index contributed by atoms with van der Waals surface area (Å²) in [7, 11) is 0. The number of ether oxygens (including phenoxy) is 1. The van der Waals surface area contributed by atoms with Gasteiger partial charge in [0, 0.05) is 24.7 Å². The standard InChI is InChI=1S/C14H14N4O5/c19-11(14(21)22)12-13(20)17(7-8-23-12)10-3-6-18(16-10)9-1-4-15-5-2-9/h1-6,11-12,19H,7-8H2,(H,21,22). The Kier molecular flexibility index (Phi) is 4.04. The SMILES string of the molecule is O=C(O)C(O)C1OCCN(c2ccn(-c3ccncc3)n2)C1=O. The summed E-state index contributed by atoms with van der Waals surface area (Å²) in [5.41, 5.74) is 0.772. The number of aliphatic carboxylic acids is 1. The number of nitrogens with zero attached hydrogens (tertiary/aromatic N) is 4. The molecule has 1 fully saturated rings. The first-order valence-corrected chi connectivity index (χ1v) is 6.88. The van der Waals surface area contributed by atoms with E-state index in [1.165, 1.54) is 4.90 Å². The summed E-state index contributed by atoms with van der Waals surface area (Å²) in [6, 6.07) is 5.15. The molecule has 0 saturated carbocycles. The van der Waals surface area contributed by atoms with E-state index in [1.807, 2.05) is 0 Å². The average Bonchev–Trinajstić information content (AvgIpc) is 3.05. The number of rotatable bonds is 4. The van der Waals surface area contributed by atoms with Crippen LogP contribution in [0.5, 0.6) is 0 Å². The van der Waals surface area contributed by atoms with Gasteiger partial charge in [0.05, 0.1) is 18.8 Å². The lowest BCUT2D eigenvalue weighted by Crippen LogP contribution is -2.54. The minimum atomic E-state index is -1.91. The van der Waals surface area contributed by atoms with E-state index in [1.54, 1.807) is 41.5 Å². The van der Waals surface area contributed by atoms with Crippen LogP contribution in [0.15, 0.2) is 36.8 Å². The number of hydrogen-bond acceptors (Lipinski definition) is 6. The number of anilines is 1. The number of aliphatic hydroxyl groups excluding tert-OH is 1. The van der Waals surface area contributed by atoms with Gasteiger partial charge in [-0.25, -0.2) is 9.48 Å². The first kappa shape index (κ1) is 15.1. The monoisotopic (exact) mass is 318 g/mol. The highest BCUT2D eigenvalue weighted by molar-refractivity contribution is 5.99. The molecule has 1 amide bonds. The van der Waals surface area contributed by atoms with E-state index in [0.29, 0.717) is 5.82 Å². The summed E-state index contributed by atoms with van der Waals surface area (Å²) in [6.45, 7) is 0.345. The number of amides is 1. The van der Waals surface area contributed by atoms with E-state index in [0.717, 1.165) is 5.69 Å². The van der Waals surface area contributed by atoms with Crippen LogP contribution < -0.4 is 4.90 Å². The predicted octanol–water partition coefficient (Wildman–Crippen LogP) is -0.555. The summed E-state index contributed by atoms with van der Waals surface area (Å²) in [5, 5.41) is 22.7. The molecule has 120 valence electrons. The topological polar surface area (TPSA) is 118 Å². The molecular weight excluding hydrogens is 304 g/mol. The van der Waals surface area contributed by atoms with Gasteiger partial charge < -0.3 is 14.9 Å². The third kappa shape index (κ3) is 2.91. The Morgan fingerprint density at radius 3 is 2.78 bits per heavy atom. The van der Waals surface area contributed by atoms with E-state index in [9.17, 15) is 14.7 Å². The zero-order chi connectivity index (χ0) is 16.4. The van der Waals surface area contributed by atoms with Gasteiger partial charge in [0.2, 0.25) is 0 Å². The quantitative estimate of drug-likeness (QED) is 0.776. The Balaban J connectivity index is 1.83. The first-order valence-electron chi connectivity index (χ1n) is 6.88. The van der Waals surface area contributed by atoms with E-state index >= 15 is 0 Å². The summed E-state index contributed by atoms with van der Waals surface area (Å²) < 4.78 is 6.66. The molecule has 9 heteroatoms. The molecule has 9 nitrogen and oxygen atoms in total. The average molecular weight is 318 g/mol. The maximum absolute atomic E-state index is 12.3. The van der Waals surface area contributed by atoms with Crippen LogP contribution in [0.1, 0.15) is 0 Å². The Morgan fingerprint density at radius 2 is 2.09 bits per heavy atom. The van der Waals surface area contributed by atoms with E-state index in [2.05, 4.69) is 10.1 Å². The van der Waals surface area contributed by atoms with Crippen molar-refractivity contribution in [2.45, 2.75) is 12.2 Å². The van der Waals surface area contributed by atoms with Crippen molar-refractivity contribution < 1.29 is 24.5 Å². The van der Waals surface area contributed by atoms with Crippen molar-refractivity contribution in [1.82, 2.24) is 14.8 Å². The van der Waals surface area contributed by atoms with Gasteiger partial charge in [0.15, 0.2) is 18.0 Å². The van der Waals surface area contributed by atoms with Gasteiger partial charge in [-0.1, -0.05) is 0 Å². The minimum absolute atomic E-state index is 0.114. The molecule has 0 aliphatic carbocycles. The third-order valence-electron chi connectivity index (χ3n) is 3.44. The fraction of sp³-hybridized carbons (Fsp3) is 0.286. The smallest absolute Gasteiger partial charge is 0.335 e. The van der Waals surface area contributed by atoms with Crippen LogP contribution in [0.2, 0.25) is 0 Å². The molecule has 1 saturated heterocycles. The summed E-state index contributed by atoms with van der Waals surface area (Å²) in [6.07, 6.45) is 1.57. The third-order valence-corrected chi connectivity index (χ3v) is 3.44. The maximum atomic E-state index is 12.3. The number of carbonyl (C=O) groups is 2. The Hall–Kier alpha value is -2.78. The van der Waals surface area contributed by atoms with Crippen molar-refractivity contribution >= 4 is 17.7 Å². The lowest BCUT2D eigenvalue weighted by atomic mass is 10.1. The highest BCUT2D eigenvalue weighted by atomic mass is 16.5. The van der Waals surface area contributed by atoms with E-state index in [4.69, 9.17) is 9.84 Å². The zero-order valence-corrected chi connectivity index (χ0v) is 11.9. The van der Waals surface area contributed by atoms with Gasteiger partial charge in [0.1, 0.15) is 0 Å². The van der Waals surface area contributed by atoms with Crippen molar-refractivity contribution in [3.05, 3.63) is 36.8 Å². The molecule has 2 atom stereocenters. The van der Waals surface area contributed by atoms with E-state index < -0.39 is 24.1 Å². The van der Waals surface area contributed by atoms with Gasteiger partial charge in [-0.15, -0.1) is 5.10 Å². The molecule has 0 spiro atoms. The molecular formula is C14H14N4O5.